The lowest BCUT2D eigenvalue weighted by Gasteiger charge is -2.32. The number of methoxy groups -OCH3 is 1. The second kappa shape index (κ2) is 7.51. The summed E-state index contributed by atoms with van der Waals surface area (Å²) < 4.78 is 19.0. The maximum absolute atomic E-state index is 13.9. The second-order valence-corrected chi connectivity index (χ2v) is 8.53. The number of imide groups is 1. The fraction of sp³-hybridized carbons (Fsp3) is 0.143. The summed E-state index contributed by atoms with van der Waals surface area (Å²) in [7, 11) is 1.36. The molecule has 7 nitrogen and oxygen atoms in total. The number of ether oxygens (including phenoxy) is 1. The molecule has 0 saturated carbocycles. The van der Waals surface area contributed by atoms with Gasteiger partial charge in [-0.25, -0.2) is 14.1 Å². The normalized spacial score (nSPS) is 20.5. The van der Waals surface area contributed by atoms with Crippen molar-refractivity contribution in [2.75, 3.05) is 12.0 Å². The van der Waals surface area contributed by atoms with Crippen molar-refractivity contribution in [3.8, 4) is 5.75 Å². The summed E-state index contributed by atoms with van der Waals surface area (Å²) in [6.45, 7) is 0. The first-order chi connectivity index (χ1) is 15.0. The summed E-state index contributed by atoms with van der Waals surface area (Å²) in [5.74, 6) is -0.781. The van der Waals surface area contributed by atoms with Gasteiger partial charge in [-0.3, -0.25) is 4.79 Å². The van der Waals surface area contributed by atoms with E-state index in [1.165, 1.54) is 24.9 Å². The van der Waals surface area contributed by atoms with Gasteiger partial charge in [-0.2, -0.15) is 5.10 Å². The fourth-order valence-corrected chi connectivity index (χ4v) is 5.26. The van der Waals surface area contributed by atoms with E-state index in [9.17, 15) is 14.0 Å². The van der Waals surface area contributed by atoms with Crippen LogP contribution in [-0.4, -0.2) is 40.5 Å². The molecule has 1 saturated heterocycles. The van der Waals surface area contributed by atoms with Crippen LogP contribution in [-0.2, 0) is 4.79 Å². The number of benzene rings is 2. The van der Waals surface area contributed by atoms with Crippen molar-refractivity contribution in [1.29, 1.82) is 0 Å². The van der Waals surface area contributed by atoms with Gasteiger partial charge in [0.25, 0.3) is 5.91 Å². The summed E-state index contributed by atoms with van der Waals surface area (Å²) in [6.07, 6.45) is 3.32. The monoisotopic (exact) mass is 456 g/mol. The second-order valence-electron chi connectivity index (χ2n) is 6.94. The van der Waals surface area contributed by atoms with Crippen LogP contribution in [0.1, 0.15) is 5.56 Å². The smallest absolute Gasteiger partial charge is 0.330 e. The van der Waals surface area contributed by atoms with E-state index in [4.69, 9.17) is 16.3 Å². The van der Waals surface area contributed by atoms with E-state index in [1.807, 2.05) is 12.1 Å². The van der Waals surface area contributed by atoms with Gasteiger partial charge in [-0.15, -0.1) is 16.9 Å². The van der Waals surface area contributed by atoms with E-state index in [1.54, 1.807) is 24.4 Å². The Kier molecular flexibility index (Phi) is 4.79. The molecule has 0 spiro atoms. The minimum atomic E-state index is -0.624. The molecule has 3 heterocycles. The Bertz CT molecular complexity index is 1280. The van der Waals surface area contributed by atoms with E-state index >= 15 is 0 Å². The molecule has 10 heteroatoms. The van der Waals surface area contributed by atoms with E-state index in [0.717, 1.165) is 16.4 Å². The van der Waals surface area contributed by atoms with Gasteiger partial charge in [0.1, 0.15) is 5.25 Å². The number of fused-ring (bicyclic) bond motifs is 2. The quantitative estimate of drug-likeness (QED) is 0.641. The predicted octanol–water partition coefficient (Wildman–Crippen LogP) is 4.01. The van der Waals surface area contributed by atoms with Crippen LogP contribution in [0.2, 0.25) is 5.02 Å². The van der Waals surface area contributed by atoms with Crippen molar-refractivity contribution in [2.45, 2.75) is 11.3 Å². The molecule has 1 N–H and O–H groups in total. The number of hydrogen-bond acceptors (Lipinski definition) is 6. The van der Waals surface area contributed by atoms with Crippen LogP contribution >= 0.6 is 23.4 Å². The van der Waals surface area contributed by atoms with Gasteiger partial charge in [-0.1, -0.05) is 35.9 Å². The number of halogens is 2. The summed E-state index contributed by atoms with van der Waals surface area (Å²) in [4.78, 5) is 27.8. The van der Waals surface area contributed by atoms with Gasteiger partial charge in [-0.05, 0) is 18.2 Å². The molecule has 0 radical (unpaired) electrons. The van der Waals surface area contributed by atoms with E-state index in [0.29, 0.717) is 15.9 Å². The number of rotatable bonds is 3. The largest absolute Gasteiger partial charge is 0.494 e. The number of carbonyl (C=O) groups is 2. The van der Waals surface area contributed by atoms with Crippen LogP contribution < -0.4 is 15.0 Å². The molecule has 0 aliphatic carbocycles. The fourth-order valence-electron chi connectivity index (χ4n) is 3.66. The van der Waals surface area contributed by atoms with Gasteiger partial charge in [0.05, 0.1) is 24.4 Å². The molecule has 2 aliphatic rings. The molecule has 2 aromatic carbocycles. The van der Waals surface area contributed by atoms with Crippen LogP contribution in [0.25, 0.3) is 15.7 Å². The molecular formula is C21H14ClFN4O3S. The molecule has 3 amide bonds. The van der Waals surface area contributed by atoms with E-state index in [-0.39, 0.29) is 16.6 Å². The highest BCUT2D eigenvalue weighted by Gasteiger charge is 2.46. The third kappa shape index (κ3) is 3.21. The molecule has 2 unspecified atom stereocenters. The number of aromatic nitrogens is 2. The Morgan fingerprint density at radius 2 is 2.06 bits per heavy atom. The van der Waals surface area contributed by atoms with Crippen molar-refractivity contribution in [3.63, 3.8) is 0 Å². The first-order valence-electron chi connectivity index (χ1n) is 9.24. The highest BCUT2D eigenvalue weighted by molar-refractivity contribution is 8.09. The molecule has 3 aromatic rings. The topological polar surface area (TPSA) is 84.4 Å². The molecule has 31 heavy (non-hydrogen) atoms. The Morgan fingerprint density at radius 3 is 2.87 bits per heavy atom. The van der Waals surface area contributed by atoms with Gasteiger partial charge >= 0.3 is 6.03 Å². The minimum Gasteiger partial charge on any atom is -0.494 e. The van der Waals surface area contributed by atoms with Crippen LogP contribution in [0.15, 0.2) is 48.7 Å². The number of anilines is 1. The zero-order valence-electron chi connectivity index (χ0n) is 16.0. The number of hydrogen-bond donors (Lipinski definition) is 1. The van der Waals surface area contributed by atoms with Gasteiger partial charge in [0.15, 0.2) is 17.4 Å². The van der Waals surface area contributed by atoms with Gasteiger partial charge in [0.2, 0.25) is 0 Å². The molecule has 1 aromatic heterocycles. The van der Waals surface area contributed by atoms with Gasteiger partial charge in [0, 0.05) is 21.2 Å². The maximum Gasteiger partial charge on any atom is 0.330 e. The Labute approximate surface area is 185 Å². The standard InChI is InChI=1S/C21H14ClFN4O3S/c1-30-16-6-12(13(22)7-14(16)23)17-8-15-18(31-17)20(28)27(21(29)25-15)19-11-5-3-2-4-10(11)9-24-26-19/h2-9,15,18H,1H3,(H,25,29). The Morgan fingerprint density at radius 1 is 1.26 bits per heavy atom. The number of nitrogens with zero attached hydrogens (tertiary/aromatic N) is 3. The number of urea groups is 1. The summed E-state index contributed by atoms with van der Waals surface area (Å²) >= 11 is 7.49. The predicted molar refractivity (Wildman–Crippen MR) is 117 cm³/mol. The molecule has 1 fully saturated rings. The van der Waals surface area contributed by atoms with E-state index < -0.39 is 29.0 Å². The highest BCUT2D eigenvalue weighted by atomic mass is 35.5. The average molecular weight is 457 g/mol. The zero-order chi connectivity index (χ0) is 21.7. The first kappa shape index (κ1) is 19.8. The lowest BCUT2D eigenvalue weighted by atomic mass is 10.1. The van der Waals surface area contributed by atoms with Crippen LogP contribution in [0.4, 0.5) is 15.0 Å². The summed E-state index contributed by atoms with van der Waals surface area (Å²) in [5, 5.41) is 11.8. The molecule has 2 aliphatic heterocycles. The first-order valence-corrected chi connectivity index (χ1v) is 10.5. The van der Waals surface area contributed by atoms with Crippen molar-refractivity contribution < 1.29 is 18.7 Å². The molecule has 5 rings (SSSR count). The number of thioether (sulfide) groups is 1. The van der Waals surface area contributed by atoms with Crippen LogP contribution in [0.5, 0.6) is 5.75 Å². The number of amides is 3. The van der Waals surface area contributed by atoms with Crippen LogP contribution in [0.3, 0.4) is 0 Å². The average Bonchev–Trinajstić information content (AvgIpc) is 3.18. The molecule has 156 valence electrons. The van der Waals surface area contributed by atoms with Crippen molar-refractivity contribution in [2.24, 2.45) is 0 Å². The lowest BCUT2D eigenvalue weighted by Crippen LogP contribution is -2.60. The van der Waals surface area contributed by atoms with Crippen molar-refractivity contribution >= 4 is 56.8 Å². The third-order valence-electron chi connectivity index (χ3n) is 5.14. The number of nitrogens with one attached hydrogen (secondary N) is 1. The van der Waals surface area contributed by atoms with E-state index in [2.05, 4.69) is 15.5 Å². The van der Waals surface area contributed by atoms with Crippen molar-refractivity contribution in [3.05, 3.63) is 65.1 Å². The summed E-state index contributed by atoms with van der Waals surface area (Å²) in [6, 6.07) is 8.77. The van der Waals surface area contributed by atoms with Crippen LogP contribution in [0, 0.1) is 5.82 Å². The maximum atomic E-state index is 13.9. The Balaban J connectivity index is 1.50. The molecular weight excluding hydrogens is 443 g/mol. The third-order valence-corrected chi connectivity index (χ3v) is 6.81. The number of carbonyl (C=O) groups excluding carboxylic acids is 2. The van der Waals surface area contributed by atoms with Gasteiger partial charge < -0.3 is 10.1 Å². The SMILES string of the molecule is COc1cc(C2=CC3NC(=O)N(c4nncc5ccccc45)C(=O)C3S2)c(Cl)cc1F. The molecule has 2 atom stereocenters. The zero-order valence-corrected chi connectivity index (χ0v) is 17.6. The minimum absolute atomic E-state index is 0.0405. The summed E-state index contributed by atoms with van der Waals surface area (Å²) in [5.41, 5.74) is 0.526. The van der Waals surface area contributed by atoms with Crippen molar-refractivity contribution in [1.82, 2.24) is 15.5 Å². The molecule has 0 bridgehead atoms. The lowest BCUT2D eigenvalue weighted by molar-refractivity contribution is -0.118. The Hall–Kier alpha value is -3.17. The highest BCUT2D eigenvalue weighted by Crippen LogP contribution is 2.45.